The molecule has 3 heterocycles. The van der Waals surface area contributed by atoms with Crippen molar-refractivity contribution in [2.24, 2.45) is 5.73 Å². The first-order chi connectivity index (χ1) is 13.0. The lowest BCUT2D eigenvalue weighted by molar-refractivity contribution is -0.123. The molecule has 27 heavy (non-hydrogen) atoms. The molecule has 142 valence electrons. The fourth-order valence-electron chi connectivity index (χ4n) is 3.82. The number of methoxy groups -OCH3 is 1. The Bertz CT molecular complexity index is 838. The molecule has 0 aliphatic carbocycles. The average Bonchev–Trinajstić information content (AvgIpc) is 2.68. The van der Waals surface area contributed by atoms with Gasteiger partial charge < -0.3 is 20.3 Å². The van der Waals surface area contributed by atoms with Crippen LogP contribution in [0.5, 0.6) is 5.75 Å². The van der Waals surface area contributed by atoms with E-state index in [1.165, 1.54) is 0 Å². The molecule has 2 N–H and O–H groups in total. The summed E-state index contributed by atoms with van der Waals surface area (Å²) in [7, 11) is 2.21. The smallest absolute Gasteiger partial charge is 0.252 e. The molecule has 1 aromatic rings. The number of fused-ring (bicyclic) bond motifs is 1. The van der Waals surface area contributed by atoms with Gasteiger partial charge in [-0.05, 0) is 54.4 Å². The van der Waals surface area contributed by atoms with E-state index in [2.05, 4.69) is 23.1 Å². The number of hydrogen-bond acceptors (Lipinski definition) is 4. The first-order valence-corrected chi connectivity index (χ1v) is 10.5. The molecular weight excluding hydrogens is 357 g/mol. The largest absolute Gasteiger partial charge is 0.496 e. The normalized spacial score (nSPS) is 24.0. The summed E-state index contributed by atoms with van der Waals surface area (Å²) in [5.41, 5.74) is 9.32. The summed E-state index contributed by atoms with van der Waals surface area (Å²) in [6, 6.07) is 6.42. The molecule has 0 aromatic heterocycles. The Balaban J connectivity index is 1.54. The van der Waals surface area contributed by atoms with Gasteiger partial charge in [0, 0.05) is 31.4 Å². The van der Waals surface area contributed by atoms with Gasteiger partial charge in [0.25, 0.3) is 5.91 Å². The highest BCUT2D eigenvalue weighted by Crippen LogP contribution is 2.45. The fraction of sp³-hybridized carbons (Fsp3) is 0.381. The molecule has 0 bridgehead atoms. The Morgan fingerprint density at radius 2 is 2.04 bits per heavy atom. The third-order valence-electron chi connectivity index (χ3n) is 5.46. The maximum absolute atomic E-state index is 12.8. The predicted octanol–water partition coefficient (Wildman–Crippen LogP) is 3.03. The lowest BCUT2D eigenvalue weighted by Gasteiger charge is -2.38. The number of carbonyl (C=O) groups excluding carboxylic acids is 1. The van der Waals surface area contributed by atoms with E-state index >= 15 is 0 Å². The Hall–Kier alpha value is -2.10. The minimum absolute atomic E-state index is 0.0535. The number of aryl methyl sites for hydroxylation is 1. The van der Waals surface area contributed by atoms with E-state index in [4.69, 9.17) is 10.5 Å². The highest BCUT2D eigenvalue weighted by molar-refractivity contribution is 7.51. The van der Waals surface area contributed by atoms with Crippen molar-refractivity contribution in [2.45, 2.75) is 31.6 Å². The van der Waals surface area contributed by atoms with Gasteiger partial charge in [-0.15, -0.1) is 0 Å². The van der Waals surface area contributed by atoms with E-state index in [1.54, 1.807) is 13.2 Å². The van der Waals surface area contributed by atoms with Crippen molar-refractivity contribution in [3.8, 4) is 5.75 Å². The van der Waals surface area contributed by atoms with Gasteiger partial charge in [-0.25, -0.2) is 0 Å². The van der Waals surface area contributed by atoms with Crippen molar-refractivity contribution in [2.75, 3.05) is 20.2 Å². The number of rotatable bonds is 3. The van der Waals surface area contributed by atoms with Gasteiger partial charge in [-0.1, -0.05) is 20.7 Å². The molecule has 2 unspecified atom stereocenters. The molecule has 5 nitrogen and oxygen atoms in total. The van der Waals surface area contributed by atoms with Crippen LogP contribution in [0, 0.1) is 6.92 Å². The van der Waals surface area contributed by atoms with Gasteiger partial charge in [-0.3, -0.25) is 4.79 Å². The summed E-state index contributed by atoms with van der Waals surface area (Å²) in [6.07, 6.45) is 10.2. The highest BCUT2D eigenvalue weighted by Gasteiger charge is 2.30. The zero-order valence-electron chi connectivity index (χ0n) is 15.8. The van der Waals surface area contributed by atoms with Gasteiger partial charge in [0.15, 0.2) is 0 Å². The molecule has 3 aliphatic rings. The Morgan fingerprint density at radius 1 is 1.26 bits per heavy atom. The number of allylic oxidation sites excluding steroid dienone is 1. The average molecular weight is 383 g/mol. The van der Waals surface area contributed by atoms with Gasteiger partial charge in [-0.2, -0.15) is 0 Å². The summed E-state index contributed by atoms with van der Waals surface area (Å²) in [5, 5.41) is 1.11. The minimum atomic E-state index is 0.0535. The monoisotopic (exact) mass is 383 g/mol. The van der Waals surface area contributed by atoms with Crippen LogP contribution in [0.3, 0.4) is 0 Å². The van der Waals surface area contributed by atoms with E-state index in [-0.39, 0.29) is 11.7 Å². The number of carbonyl (C=O) groups is 1. The lowest BCUT2D eigenvalue weighted by atomic mass is 10.1. The van der Waals surface area contributed by atoms with Crippen molar-refractivity contribution in [3.05, 3.63) is 59.5 Å². The van der Waals surface area contributed by atoms with Crippen molar-refractivity contribution in [3.63, 3.8) is 0 Å². The summed E-state index contributed by atoms with van der Waals surface area (Å²) < 4.78 is 5.35. The molecule has 2 atom stereocenters. The molecule has 1 saturated heterocycles. The van der Waals surface area contributed by atoms with Crippen LogP contribution in [0.4, 0.5) is 0 Å². The van der Waals surface area contributed by atoms with Gasteiger partial charge in [0.05, 0.1) is 18.6 Å². The summed E-state index contributed by atoms with van der Waals surface area (Å²) in [5.74, 6) is 1.03. The molecule has 1 amide bonds. The second-order valence-corrected chi connectivity index (χ2v) is 8.73. The third kappa shape index (κ3) is 3.67. The van der Waals surface area contributed by atoms with Crippen LogP contribution in [-0.2, 0) is 4.79 Å². The number of piperidine rings is 1. The van der Waals surface area contributed by atoms with E-state index in [0.29, 0.717) is 14.6 Å². The second-order valence-electron chi connectivity index (χ2n) is 7.31. The van der Waals surface area contributed by atoms with Crippen molar-refractivity contribution < 1.29 is 9.53 Å². The molecule has 0 radical (unpaired) electrons. The van der Waals surface area contributed by atoms with Crippen LogP contribution < -0.4 is 10.5 Å². The highest BCUT2D eigenvalue weighted by atomic mass is 31.1. The number of hydrogen-bond donors (Lipinski definition) is 1. The molecular formula is C21H26N3O2P. The summed E-state index contributed by atoms with van der Waals surface area (Å²) in [6.45, 7) is 3.94. The van der Waals surface area contributed by atoms with Crippen LogP contribution in [0.1, 0.15) is 24.0 Å². The Morgan fingerprint density at radius 3 is 2.74 bits per heavy atom. The number of nitrogens with two attached hydrogens (primary N) is 1. The second kappa shape index (κ2) is 7.49. The molecule has 0 saturated carbocycles. The molecule has 6 heteroatoms. The van der Waals surface area contributed by atoms with Crippen molar-refractivity contribution >= 4 is 19.8 Å². The van der Waals surface area contributed by atoms with Gasteiger partial charge in [0.1, 0.15) is 5.75 Å². The van der Waals surface area contributed by atoms with Crippen LogP contribution in [0.2, 0.25) is 0 Å². The quantitative estimate of drug-likeness (QED) is 0.816. The molecule has 1 fully saturated rings. The fourth-order valence-corrected chi connectivity index (χ4v) is 5.20. The Labute approximate surface area is 162 Å². The summed E-state index contributed by atoms with van der Waals surface area (Å²) >= 11 is 0. The van der Waals surface area contributed by atoms with E-state index in [9.17, 15) is 4.79 Å². The molecule has 3 aliphatic heterocycles. The predicted molar refractivity (Wildman–Crippen MR) is 111 cm³/mol. The zero-order valence-corrected chi connectivity index (χ0v) is 16.8. The SMILES string of the molecule is COc1ccc(C2=CC(=O)N3C=C(N4CCC(N)CC4)C=CC3P2)cc1C. The number of amides is 1. The lowest BCUT2D eigenvalue weighted by Crippen LogP contribution is -2.42. The first kappa shape index (κ1) is 18.3. The summed E-state index contributed by atoms with van der Waals surface area (Å²) in [4.78, 5) is 17.0. The minimum Gasteiger partial charge on any atom is -0.496 e. The van der Waals surface area contributed by atoms with Crippen molar-refractivity contribution in [1.82, 2.24) is 9.80 Å². The zero-order chi connectivity index (χ0) is 19.0. The van der Waals surface area contributed by atoms with Gasteiger partial charge >= 0.3 is 0 Å². The van der Waals surface area contributed by atoms with Crippen LogP contribution in [0.15, 0.2) is 48.3 Å². The third-order valence-corrected chi connectivity index (χ3v) is 6.97. The maximum atomic E-state index is 12.8. The molecule has 4 rings (SSSR count). The maximum Gasteiger partial charge on any atom is 0.252 e. The molecule has 1 aromatic carbocycles. The number of benzene rings is 1. The standard InChI is InChI=1S/C21H26N3O2P/c1-14-11-15(3-5-18(14)26-2)19-12-20(25)24-13-17(4-6-21(24)27-19)23-9-7-16(22)8-10-23/h3-6,11-13,16,21,27H,7-10,22H2,1-2H3. The van der Waals surface area contributed by atoms with E-state index < -0.39 is 0 Å². The van der Waals surface area contributed by atoms with Crippen LogP contribution in [-0.4, -0.2) is 47.7 Å². The van der Waals surface area contributed by atoms with Crippen molar-refractivity contribution in [1.29, 1.82) is 0 Å². The number of likely N-dealkylation sites (tertiary alicyclic amines) is 1. The number of ether oxygens (including phenoxy) is 1. The topological polar surface area (TPSA) is 58.8 Å². The Kier molecular flexibility index (Phi) is 5.07. The first-order valence-electron chi connectivity index (χ1n) is 9.41. The van der Waals surface area contributed by atoms with Crippen LogP contribution in [0.25, 0.3) is 5.31 Å². The van der Waals surface area contributed by atoms with Crippen LogP contribution >= 0.6 is 8.58 Å². The van der Waals surface area contributed by atoms with E-state index in [1.807, 2.05) is 30.2 Å². The van der Waals surface area contributed by atoms with E-state index in [0.717, 1.165) is 53.8 Å². The number of nitrogens with zero attached hydrogens (tertiary/aromatic N) is 2. The molecule has 0 spiro atoms. The van der Waals surface area contributed by atoms with Gasteiger partial charge in [0.2, 0.25) is 0 Å².